The van der Waals surface area contributed by atoms with E-state index in [1.54, 1.807) is 6.20 Å². The molecular formula is C21H22N6. The maximum absolute atomic E-state index is 9.39. The smallest absolute Gasteiger partial charge is 0.125 e. The van der Waals surface area contributed by atoms with Crippen LogP contribution in [0.1, 0.15) is 16.8 Å². The largest absolute Gasteiger partial charge is 0.370 e. The predicted octanol–water partition coefficient (Wildman–Crippen LogP) is 2.89. The fourth-order valence-electron chi connectivity index (χ4n) is 3.59. The number of nitrogens with one attached hydrogen (secondary N) is 1. The molecule has 0 aliphatic carbocycles. The van der Waals surface area contributed by atoms with Gasteiger partial charge in [-0.2, -0.15) is 10.4 Å². The maximum Gasteiger partial charge on any atom is 0.125 e. The molecule has 3 heterocycles. The van der Waals surface area contributed by atoms with Crippen molar-refractivity contribution in [3.63, 3.8) is 0 Å². The number of nitriles is 1. The molecule has 1 N–H and O–H groups in total. The summed E-state index contributed by atoms with van der Waals surface area (Å²) in [5, 5.41) is 17.3. The average molecular weight is 358 g/mol. The molecule has 3 aromatic rings. The average Bonchev–Trinajstić information content (AvgIpc) is 3.06. The standard InChI is InChI=1S/C21H22N6/c22-11-18-5-1-2-6-19(18)15-26-13-17(12-24-21-7-3-4-9-23-21)14-27-20(16-26)8-10-25-27/h1-10,17H,12-16H2,(H,23,24)/t17-/m1/s1. The van der Waals surface area contributed by atoms with E-state index in [0.717, 1.165) is 49.7 Å². The Morgan fingerprint density at radius 3 is 2.81 bits per heavy atom. The number of anilines is 1. The van der Waals surface area contributed by atoms with E-state index >= 15 is 0 Å². The molecule has 0 amide bonds. The highest BCUT2D eigenvalue weighted by Crippen LogP contribution is 2.20. The zero-order chi connectivity index (χ0) is 18.5. The van der Waals surface area contributed by atoms with Crippen molar-refractivity contribution in [1.82, 2.24) is 19.7 Å². The fraction of sp³-hybridized carbons (Fsp3) is 0.286. The van der Waals surface area contributed by atoms with Gasteiger partial charge in [-0.1, -0.05) is 24.3 Å². The van der Waals surface area contributed by atoms with E-state index in [4.69, 9.17) is 0 Å². The molecule has 0 spiro atoms. The van der Waals surface area contributed by atoms with E-state index in [1.165, 1.54) is 5.69 Å². The van der Waals surface area contributed by atoms with Crippen LogP contribution in [-0.2, 0) is 19.6 Å². The number of hydrogen-bond donors (Lipinski definition) is 1. The van der Waals surface area contributed by atoms with E-state index in [-0.39, 0.29) is 0 Å². The summed E-state index contributed by atoms with van der Waals surface area (Å²) < 4.78 is 2.10. The Balaban J connectivity index is 1.51. The fourth-order valence-corrected chi connectivity index (χ4v) is 3.59. The van der Waals surface area contributed by atoms with Crippen molar-refractivity contribution in [2.45, 2.75) is 19.6 Å². The van der Waals surface area contributed by atoms with Crippen LogP contribution in [-0.4, -0.2) is 32.8 Å². The first kappa shape index (κ1) is 17.3. The SMILES string of the molecule is N#Cc1ccccc1CN1Cc2ccnn2C[C@H](CNc2ccccn2)C1. The van der Waals surface area contributed by atoms with Gasteiger partial charge in [-0.05, 0) is 29.8 Å². The lowest BCUT2D eigenvalue weighted by atomic mass is 10.1. The Kier molecular flexibility index (Phi) is 5.13. The first-order valence-electron chi connectivity index (χ1n) is 9.18. The lowest BCUT2D eigenvalue weighted by molar-refractivity contribution is 0.225. The molecule has 6 nitrogen and oxygen atoms in total. The van der Waals surface area contributed by atoms with Crippen LogP contribution in [0, 0.1) is 17.2 Å². The monoisotopic (exact) mass is 358 g/mol. The molecule has 1 aliphatic rings. The molecule has 0 unspecified atom stereocenters. The zero-order valence-corrected chi connectivity index (χ0v) is 15.1. The van der Waals surface area contributed by atoms with Crippen LogP contribution in [0.15, 0.2) is 60.9 Å². The summed E-state index contributed by atoms with van der Waals surface area (Å²) in [6.07, 6.45) is 3.66. The van der Waals surface area contributed by atoms with E-state index in [9.17, 15) is 5.26 Å². The number of benzene rings is 1. The van der Waals surface area contributed by atoms with Crippen molar-refractivity contribution in [3.05, 3.63) is 77.7 Å². The minimum atomic E-state index is 0.391. The van der Waals surface area contributed by atoms with Crippen LogP contribution >= 0.6 is 0 Å². The molecule has 1 atom stereocenters. The molecule has 4 rings (SSSR count). The third kappa shape index (κ3) is 4.15. The van der Waals surface area contributed by atoms with Crippen molar-refractivity contribution >= 4 is 5.82 Å². The van der Waals surface area contributed by atoms with E-state index in [1.807, 2.05) is 48.7 Å². The quantitative estimate of drug-likeness (QED) is 0.759. The van der Waals surface area contributed by atoms with E-state index in [2.05, 4.69) is 37.1 Å². The van der Waals surface area contributed by atoms with Gasteiger partial charge in [-0.15, -0.1) is 0 Å². The van der Waals surface area contributed by atoms with Crippen LogP contribution < -0.4 is 5.32 Å². The van der Waals surface area contributed by atoms with Crippen molar-refractivity contribution < 1.29 is 0 Å². The van der Waals surface area contributed by atoms with Gasteiger partial charge >= 0.3 is 0 Å². The summed E-state index contributed by atoms with van der Waals surface area (Å²) >= 11 is 0. The third-order valence-corrected chi connectivity index (χ3v) is 4.91. The number of pyridine rings is 1. The number of nitrogens with zero attached hydrogens (tertiary/aromatic N) is 5. The van der Waals surface area contributed by atoms with Crippen molar-refractivity contribution in [1.29, 1.82) is 5.26 Å². The second-order valence-corrected chi connectivity index (χ2v) is 6.91. The Morgan fingerprint density at radius 2 is 1.96 bits per heavy atom. The first-order chi connectivity index (χ1) is 13.3. The van der Waals surface area contributed by atoms with Crippen molar-refractivity contribution in [3.8, 4) is 6.07 Å². The molecule has 1 aromatic carbocycles. The topological polar surface area (TPSA) is 69.8 Å². The van der Waals surface area contributed by atoms with Crippen LogP contribution in [0.25, 0.3) is 0 Å². The summed E-state index contributed by atoms with van der Waals surface area (Å²) in [6.45, 7) is 4.23. The van der Waals surface area contributed by atoms with Gasteiger partial charge in [0.15, 0.2) is 0 Å². The van der Waals surface area contributed by atoms with Gasteiger partial charge in [0.05, 0.1) is 17.3 Å². The molecule has 136 valence electrons. The lowest BCUT2D eigenvalue weighted by Crippen LogP contribution is -2.31. The van der Waals surface area contributed by atoms with Gasteiger partial charge < -0.3 is 5.32 Å². The lowest BCUT2D eigenvalue weighted by Gasteiger charge is -2.24. The van der Waals surface area contributed by atoms with Gasteiger partial charge in [0.2, 0.25) is 0 Å². The second kappa shape index (κ2) is 8.02. The molecule has 1 aliphatic heterocycles. The second-order valence-electron chi connectivity index (χ2n) is 6.91. The normalized spacial score (nSPS) is 16.9. The Labute approximate surface area is 159 Å². The molecule has 2 aromatic heterocycles. The van der Waals surface area contributed by atoms with Gasteiger partial charge in [-0.25, -0.2) is 4.98 Å². The number of hydrogen-bond acceptors (Lipinski definition) is 5. The molecule has 0 fully saturated rings. The molecule has 0 saturated heterocycles. The molecule has 0 radical (unpaired) electrons. The number of fused-ring (bicyclic) bond motifs is 1. The third-order valence-electron chi connectivity index (χ3n) is 4.91. The summed E-state index contributed by atoms with van der Waals surface area (Å²) in [7, 11) is 0. The first-order valence-corrected chi connectivity index (χ1v) is 9.18. The van der Waals surface area contributed by atoms with Crippen LogP contribution in [0.4, 0.5) is 5.82 Å². The maximum atomic E-state index is 9.39. The predicted molar refractivity (Wildman–Crippen MR) is 104 cm³/mol. The van der Waals surface area contributed by atoms with Crippen molar-refractivity contribution in [2.24, 2.45) is 5.92 Å². The summed E-state index contributed by atoms with van der Waals surface area (Å²) in [6, 6.07) is 18.1. The molecule has 0 saturated carbocycles. The molecular weight excluding hydrogens is 336 g/mol. The van der Waals surface area contributed by atoms with Crippen LogP contribution in [0.3, 0.4) is 0 Å². The van der Waals surface area contributed by atoms with Crippen LogP contribution in [0.5, 0.6) is 0 Å². The summed E-state index contributed by atoms with van der Waals surface area (Å²) in [5.74, 6) is 1.28. The molecule has 6 heteroatoms. The highest BCUT2D eigenvalue weighted by molar-refractivity contribution is 5.37. The number of aromatic nitrogens is 3. The van der Waals surface area contributed by atoms with Gasteiger partial charge in [-0.3, -0.25) is 9.58 Å². The number of rotatable bonds is 5. The minimum Gasteiger partial charge on any atom is -0.370 e. The molecule has 27 heavy (non-hydrogen) atoms. The van der Waals surface area contributed by atoms with Crippen LogP contribution in [0.2, 0.25) is 0 Å². The van der Waals surface area contributed by atoms with E-state index < -0.39 is 0 Å². The summed E-state index contributed by atoms with van der Waals surface area (Å²) in [4.78, 5) is 6.75. The van der Waals surface area contributed by atoms with E-state index in [0.29, 0.717) is 5.92 Å². The highest BCUT2D eigenvalue weighted by Gasteiger charge is 2.23. The molecule has 0 bridgehead atoms. The zero-order valence-electron chi connectivity index (χ0n) is 15.1. The minimum absolute atomic E-state index is 0.391. The highest BCUT2D eigenvalue weighted by atomic mass is 15.3. The Hall–Kier alpha value is -3.17. The Bertz CT molecular complexity index is 927. The van der Waals surface area contributed by atoms with Gasteiger partial charge in [0.25, 0.3) is 0 Å². The Morgan fingerprint density at radius 1 is 1.07 bits per heavy atom. The summed E-state index contributed by atoms with van der Waals surface area (Å²) in [5.41, 5.74) is 3.03. The van der Waals surface area contributed by atoms with Gasteiger partial charge in [0, 0.05) is 51.0 Å². The van der Waals surface area contributed by atoms with Crippen molar-refractivity contribution in [2.75, 3.05) is 18.4 Å². The van der Waals surface area contributed by atoms with Gasteiger partial charge in [0.1, 0.15) is 5.82 Å².